The van der Waals surface area contributed by atoms with E-state index < -0.39 is 5.60 Å². The van der Waals surface area contributed by atoms with Gasteiger partial charge in [-0.05, 0) is 55.2 Å². The highest BCUT2D eigenvalue weighted by Crippen LogP contribution is 2.37. The number of halogens is 1. The first-order chi connectivity index (χ1) is 17.9. The zero-order chi connectivity index (χ0) is 26.3. The van der Waals surface area contributed by atoms with Crippen molar-refractivity contribution in [3.8, 4) is 5.75 Å². The Morgan fingerprint density at radius 1 is 1.16 bits per heavy atom. The van der Waals surface area contributed by atoms with Gasteiger partial charge < -0.3 is 14.2 Å². The molecular weight excluding hydrogens is 471 g/mol. The molecule has 4 rings (SSSR count). The number of rotatable bonds is 10. The molecule has 1 amide bonds. The van der Waals surface area contributed by atoms with Crippen molar-refractivity contribution in [3.63, 3.8) is 0 Å². The number of ether oxygens (including phenoxy) is 3. The second kappa shape index (κ2) is 12.4. The van der Waals surface area contributed by atoms with Gasteiger partial charge in [-0.3, -0.25) is 9.80 Å². The average Bonchev–Trinajstić information content (AvgIpc) is 3.22. The Morgan fingerprint density at radius 2 is 1.92 bits per heavy atom. The molecule has 0 N–H and O–H groups in total. The molecule has 2 aliphatic rings. The number of methoxy groups -OCH3 is 1. The van der Waals surface area contributed by atoms with Crippen LogP contribution in [0.4, 0.5) is 14.9 Å². The molecule has 1 spiro atoms. The number of carbonyl (C=O) groups is 1. The Kier molecular flexibility index (Phi) is 9.00. The molecule has 2 aromatic carbocycles. The summed E-state index contributed by atoms with van der Waals surface area (Å²) >= 11 is 0. The van der Waals surface area contributed by atoms with Gasteiger partial charge in [0.15, 0.2) is 0 Å². The second-order valence-corrected chi connectivity index (χ2v) is 9.74. The van der Waals surface area contributed by atoms with Crippen molar-refractivity contribution in [1.29, 1.82) is 0 Å². The third-order valence-corrected chi connectivity index (χ3v) is 7.11. The van der Waals surface area contributed by atoms with Crippen molar-refractivity contribution in [2.45, 2.75) is 38.7 Å². The van der Waals surface area contributed by atoms with Crippen molar-refractivity contribution in [3.05, 3.63) is 83.2 Å². The number of hydrogen-bond acceptors (Lipinski definition) is 5. The molecule has 7 heteroatoms. The predicted octanol–water partition coefficient (Wildman–Crippen LogP) is 5.70. The van der Waals surface area contributed by atoms with E-state index in [1.165, 1.54) is 17.7 Å². The summed E-state index contributed by atoms with van der Waals surface area (Å²) < 4.78 is 30.1. The lowest BCUT2D eigenvalue weighted by Gasteiger charge is -2.37. The number of allylic oxidation sites excluding steroid dienone is 1. The number of nitrogens with zero attached hydrogens (tertiary/aromatic N) is 2. The van der Waals surface area contributed by atoms with E-state index in [1.807, 2.05) is 44.2 Å². The molecule has 37 heavy (non-hydrogen) atoms. The van der Waals surface area contributed by atoms with Crippen molar-refractivity contribution in [2.75, 3.05) is 51.4 Å². The van der Waals surface area contributed by atoms with Crippen LogP contribution in [0.15, 0.2) is 66.3 Å². The highest BCUT2D eigenvalue weighted by Gasteiger charge is 2.47. The quantitative estimate of drug-likeness (QED) is 0.305. The van der Waals surface area contributed by atoms with E-state index in [2.05, 4.69) is 23.1 Å². The third kappa shape index (κ3) is 6.99. The molecule has 2 aliphatic heterocycles. The Bertz CT molecular complexity index is 1120. The first kappa shape index (κ1) is 26.9. The van der Waals surface area contributed by atoms with E-state index in [9.17, 15) is 9.18 Å². The topological polar surface area (TPSA) is 51.2 Å². The van der Waals surface area contributed by atoms with Gasteiger partial charge in [-0.2, -0.15) is 0 Å². The predicted molar refractivity (Wildman–Crippen MR) is 144 cm³/mol. The molecule has 2 aromatic rings. The largest absolute Gasteiger partial charge is 0.496 e. The van der Waals surface area contributed by atoms with Crippen LogP contribution >= 0.6 is 0 Å². The van der Waals surface area contributed by atoms with Crippen molar-refractivity contribution in [1.82, 2.24) is 4.90 Å². The van der Waals surface area contributed by atoms with Crippen LogP contribution < -0.4 is 9.64 Å². The summed E-state index contributed by atoms with van der Waals surface area (Å²) in [7, 11) is 1.64. The number of carbonyl (C=O) groups excluding carboxylic acids is 1. The average molecular weight is 509 g/mol. The van der Waals surface area contributed by atoms with E-state index >= 15 is 0 Å². The number of likely N-dealkylation sites (tertiary alicyclic amines) is 1. The van der Waals surface area contributed by atoms with Gasteiger partial charge in [-0.1, -0.05) is 36.4 Å². The normalized spacial score (nSPS) is 18.1. The van der Waals surface area contributed by atoms with Gasteiger partial charge >= 0.3 is 6.09 Å². The lowest BCUT2D eigenvalue weighted by Crippen LogP contribution is -2.47. The van der Waals surface area contributed by atoms with Crippen LogP contribution in [-0.4, -0.2) is 63.1 Å². The molecule has 0 bridgehead atoms. The molecule has 0 aromatic heterocycles. The van der Waals surface area contributed by atoms with Crippen molar-refractivity contribution in [2.24, 2.45) is 0 Å². The molecule has 0 aliphatic carbocycles. The molecule has 0 radical (unpaired) electrons. The molecular formula is C30H37FN2O4. The molecule has 2 heterocycles. The minimum absolute atomic E-state index is 0.220. The molecule has 0 atom stereocenters. The number of benzene rings is 2. The van der Waals surface area contributed by atoms with E-state index in [4.69, 9.17) is 14.2 Å². The fourth-order valence-electron chi connectivity index (χ4n) is 4.87. The fourth-order valence-corrected chi connectivity index (χ4v) is 4.87. The number of aryl methyl sites for hydroxylation is 1. The zero-order valence-electron chi connectivity index (χ0n) is 22.0. The number of anilines is 1. The number of piperidine rings is 1. The van der Waals surface area contributed by atoms with Gasteiger partial charge in [0.05, 0.1) is 25.9 Å². The van der Waals surface area contributed by atoms with Gasteiger partial charge in [-0.25, -0.2) is 9.18 Å². The summed E-state index contributed by atoms with van der Waals surface area (Å²) in [6.07, 6.45) is 8.40. The minimum Gasteiger partial charge on any atom is -0.496 e. The van der Waals surface area contributed by atoms with Gasteiger partial charge in [0.2, 0.25) is 0 Å². The maximum atomic E-state index is 13.2. The van der Waals surface area contributed by atoms with Gasteiger partial charge in [0.25, 0.3) is 0 Å². The van der Waals surface area contributed by atoms with E-state index in [0.717, 1.165) is 61.5 Å². The second-order valence-electron chi connectivity index (χ2n) is 9.74. The molecule has 2 saturated heterocycles. The Hall–Kier alpha value is -3.16. The summed E-state index contributed by atoms with van der Waals surface area (Å²) in [6.45, 7) is 8.25. The first-order valence-corrected chi connectivity index (χ1v) is 13.0. The van der Waals surface area contributed by atoms with E-state index in [0.29, 0.717) is 19.8 Å². The van der Waals surface area contributed by atoms with Crippen LogP contribution in [0.1, 0.15) is 30.9 Å². The molecule has 0 saturated carbocycles. The molecule has 0 unspecified atom stereocenters. The standard InChI is InChI=1S/C30H37FN2O4/c1-4-36-19-14-25(7-5-6-24-9-11-26(31)12-10-24)21-32-17-15-30(16-18-32)22-33(29(34)37-30)27-13-8-23(2)28(20-27)35-3/h5,7-14,20H,4,6,15-19,21-22H2,1-3H3/b7-5-,25-14+. The van der Waals surface area contributed by atoms with E-state index in [-0.39, 0.29) is 11.9 Å². The fraction of sp³-hybridized carbons (Fsp3) is 0.433. The van der Waals surface area contributed by atoms with Crippen LogP contribution in [0.5, 0.6) is 5.75 Å². The smallest absolute Gasteiger partial charge is 0.415 e. The Balaban J connectivity index is 1.35. The molecule has 198 valence electrons. The lowest BCUT2D eigenvalue weighted by atomic mass is 9.91. The van der Waals surface area contributed by atoms with Crippen LogP contribution in [-0.2, 0) is 15.9 Å². The minimum atomic E-state index is -0.459. The van der Waals surface area contributed by atoms with Crippen LogP contribution in [0.2, 0.25) is 0 Å². The molecule has 6 nitrogen and oxygen atoms in total. The van der Waals surface area contributed by atoms with Crippen LogP contribution in [0.3, 0.4) is 0 Å². The summed E-state index contributed by atoms with van der Waals surface area (Å²) in [6, 6.07) is 12.4. The van der Waals surface area contributed by atoms with Crippen LogP contribution in [0, 0.1) is 12.7 Å². The number of hydrogen-bond donors (Lipinski definition) is 0. The summed E-state index contributed by atoms with van der Waals surface area (Å²) in [5, 5.41) is 0. The maximum absolute atomic E-state index is 13.2. The number of amides is 1. The van der Waals surface area contributed by atoms with Gasteiger partial charge in [0.1, 0.15) is 17.2 Å². The summed E-state index contributed by atoms with van der Waals surface area (Å²) in [5.41, 5.74) is 3.63. The van der Waals surface area contributed by atoms with Crippen molar-refractivity contribution >= 4 is 11.8 Å². The third-order valence-electron chi connectivity index (χ3n) is 7.11. The van der Waals surface area contributed by atoms with Crippen molar-refractivity contribution < 1.29 is 23.4 Å². The first-order valence-electron chi connectivity index (χ1n) is 13.0. The highest BCUT2D eigenvalue weighted by molar-refractivity contribution is 5.90. The highest BCUT2D eigenvalue weighted by atomic mass is 19.1. The lowest BCUT2D eigenvalue weighted by molar-refractivity contribution is 0.00315. The Morgan fingerprint density at radius 3 is 2.62 bits per heavy atom. The van der Waals surface area contributed by atoms with E-state index in [1.54, 1.807) is 12.0 Å². The molecule has 2 fully saturated rings. The van der Waals surface area contributed by atoms with Crippen LogP contribution in [0.25, 0.3) is 0 Å². The monoisotopic (exact) mass is 508 g/mol. The summed E-state index contributed by atoms with van der Waals surface area (Å²) in [4.78, 5) is 16.9. The van der Waals surface area contributed by atoms with Gasteiger partial charge in [0, 0.05) is 45.1 Å². The van der Waals surface area contributed by atoms with Gasteiger partial charge in [-0.15, -0.1) is 0 Å². The summed E-state index contributed by atoms with van der Waals surface area (Å²) in [5.74, 6) is 0.544. The zero-order valence-corrected chi connectivity index (χ0v) is 22.0. The Labute approximate surface area is 219 Å². The maximum Gasteiger partial charge on any atom is 0.415 e. The SMILES string of the molecule is CCOC/C=C(\C=C/Cc1ccc(F)cc1)CN1CCC2(CC1)CN(c1ccc(C)c(OC)c1)C(=O)O2.